The van der Waals surface area contributed by atoms with E-state index in [0.717, 1.165) is 18.8 Å². The Hall–Kier alpha value is -0.770. The lowest BCUT2D eigenvalue weighted by atomic mass is 9.83. The Morgan fingerprint density at radius 1 is 1.33 bits per heavy atom. The van der Waals surface area contributed by atoms with Crippen LogP contribution in [0.15, 0.2) is 0 Å². The molecule has 1 aliphatic rings. The number of nitrogens with one attached hydrogen (secondary N) is 2. The van der Waals surface area contributed by atoms with Crippen molar-refractivity contribution >= 4 is 6.03 Å². The topological polar surface area (TPSA) is 61.4 Å². The lowest BCUT2D eigenvalue weighted by Gasteiger charge is -2.29. The van der Waals surface area contributed by atoms with E-state index in [4.69, 9.17) is 5.11 Å². The van der Waals surface area contributed by atoms with Gasteiger partial charge in [0.05, 0.1) is 6.10 Å². The van der Waals surface area contributed by atoms with E-state index in [9.17, 15) is 4.79 Å². The van der Waals surface area contributed by atoms with Crippen LogP contribution < -0.4 is 10.6 Å². The highest BCUT2D eigenvalue weighted by molar-refractivity contribution is 5.74. The second-order valence-corrected chi connectivity index (χ2v) is 5.54. The van der Waals surface area contributed by atoms with Crippen molar-refractivity contribution < 1.29 is 9.90 Å². The standard InChI is InChI=1S/C14H28N2O2/c1-3-4-12-5-7-13(8-6-12)16-14(18)15-10-9-11(2)17/h11-13,17H,3-10H2,1-2H3,(H2,15,16,18). The first-order valence-corrected chi connectivity index (χ1v) is 7.34. The van der Waals surface area contributed by atoms with E-state index in [1.165, 1.54) is 25.7 Å². The molecule has 106 valence electrons. The van der Waals surface area contributed by atoms with Gasteiger partial charge in [-0.15, -0.1) is 0 Å². The van der Waals surface area contributed by atoms with Crippen LogP contribution in [0.5, 0.6) is 0 Å². The third kappa shape index (κ3) is 6.24. The summed E-state index contributed by atoms with van der Waals surface area (Å²) < 4.78 is 0. The molecule has 0 aliphatic heterocycles. The van der Waals surface area contributed by atoms with E-state index in [1.54, 1.807) is 6.92 Å². The maximum Gasteiger partial charge on any atom is 0.315 e. The number of hydrogen-bond acceptors (Lipinski definition) is 2. The summed E-state index contributed by atoms with van der Waals surface area (Å²) in [6.45, 7) is 4.50. The highest BCUT2D eigenvalue weighted by Crippen LogP contribution is 2.27. The van der Waals surface area contributed by atoms with Crippen LogP contribution in [0.2, 0.25) is 0 Å². The Balaban J connectivity index is 2.10. The molecule has 1 saturated carbocycles. The van der Waals surface area contributed by atoms with Crippen molar-refractivity contribution in [2.24, 2.45) is 5.92 Å². The number of aliphatic hydroxyl groups is 1. The van der Waals surface area contributed by atoms with Crippen LogP contribution in [0, 0.1) is 5.92 Å². The summed E-state index contributed by atoms with van der Waals surface area (Å²) >= 11 is 0. The highest BCUT2D eigenvalue weighted by atomic mass is 16.3. The third-order valence-electron chi connectivity index (χ3n) is 3.73. The van der Waals surface area contributed by atoms with Crippen molar-refractivity contribution in [3.63, 3.8) is 0 Å². The molecular weight excluding hydrogens is 228 g/mol. The SMILES string of the molecule is CCCC1CCC(NC(=O)NCCC(C)O)CC1. The summed E-state index contributed by atoms with van der Waals surface area (Å²) in [5, 5.41) is 14.9. The molecule has 2 amide bonds. The molecule has 3 N–H and O–H groups in total. The van der Waals surface area contributed by atoms with Gasteiger partial charge in [-0.3, -0.25) is 0 Å². The van der Waals surface area contributed by atoms with Gasteiger partial charge in [0.15, 0.2) is 0 Å². The van der Waals surface area contributed by atoms with Crippen LogP contribution in [0.25, 0.3) is 0 Å². The molecule has 4 heteroatoms. The Kier molecular flexibility index (Phi) is 7.09. The van der Waals surface area contributed by atoms with Crippen LogP contribution in [-0.2, 0) is 0 Å². The van der Waals surface area contributed by atoms with E-state index >= 15 is 0 Å². The van der Waals surface area contributed by atoms with Gasteiger partial charge in [-0.05, 0) is 44.9 Å². The minimum atomic E-state index is -0.352. The molecule has 1 fully saturated rings. The van der Waals surface area contributed by atoms with Crippen LogP contribution >= 0.6 is 0 Å². The molecule has 1 unspecified atom stereocenters. The Bertz CT molecular complexity index is 236. The lowest BCUT2D eigenvalue weighted by molar-refractivity contribution is 0.182. The number of rotatable bonds is 6. The smallest absolute Gasteiger partial charge is 0.315 e. The van der Waals surface area contributed by atoms with E-state index in [0.29, 0.717) is 19.0 Å². The van der Waals surface area contributed by atoms with Gasteiger partial charge in [-0.25, -0.2) is 4.79 Å². The molecule has 0 saturated heterocycles. The summed E-state index contributed by atoms with van der Waals surface area (Å²) in [5.74, 6) is 0.867. The van der Waals surface area contributed by atoms with Gasteiger partial charge >= 0.3 is 6.03 Å². The Morgan fingerprint density at radius 2 is 2.00 bits per heavy atom. The van der Waals surface area contributed by atoms with Gasteiger partial charge in [-0.2, -0.15) is 0 Å². The predicted octanol–water partition coefficient (Wildman–Crippen LogP) is 2.42. The zero-order valence-electron chi connectivity index (χ0n) is 11.7. The minimum absolute atomic E-state index is 0.0883. The van der Waals surface area contributed by atoms with E-state index in [2.05, 4.69) is 17.6 Å². The van der Waals surface area contributed by atoms with Crippen LogP contribution in [-0.4, -0.2) is 29.8 Å². The molecule has 0 aromatic rings. The Labute approximate surface area is 111 Å². The van der Waals surface area contributed by atoms with Crippen molar-refractivity contribution in [3.05, 3.63) is 0 Å². The molecule has 1 atom stereocenters. The molecule has 1 aliphatic carbocycles. The number of hydrogen-bond donors (Lipinski definition) is 3. The largest absolute Gasteiger partial charge is 0.393 e. The third-order valence-corrected chi connectivity index (χ3v) is 3.73. The fraction of sp³-hybridized carbons (Fsp3) is 0.929. The number of aliphatic hydroxyl groups excluding tert-OH is 1. The van der Waals surface area contributed by atoms with Crippen molar-refractivity contribution in [3.8, 4) is 0 Å². The second kappa shape index (κ2) is 8.35. The molecular formula is C14H28N2O2. The van der Waals surface area contributed by atoms with Gasteiger partial charge < -0.3 is 15.7 Å². The summed E-state index contributed by atoms with van der Waals surface area (Å²) in [6.07, 6.45) is 7.55. The fourth-order valence-electron chi connectivity index (χ4n) is 2.63. The van der Waals surface area contributed by atoms with E-state index in [1.807, 2.05) is 0 Å². The first-order chi connectivity index (χ1) is 8.61. The van der Waals surface area contributed by atoms with Crippen molar-refractivity contribution in [2.45, 2.75) is 70.9 Å². The normalized spacial score (nSPS) is 25.5. The van der Waals surface area contributed by atoms with Crippen molar-refractivity contribution in [2.75, 3.05) is 6.54 Å². The van der Waals surface area contributed by atoms with Crippen molar-refractivity contribution in [1.29, 1.82) is 0 Å². The maximum atomic E-state index is 11.6. The first-order valence-electron chi connectivity index (χ1n) is 7.34. The lowest BCUT2D eigenvalue weighted by Crippen LogP contribution is -2.44. The van der Waals surface area contributed by atoms with Crippen LogP contribution in [0.4, 0.5) is 4.79 Å². The van der Waals surface area contributed by atoms with Crippen LogP contribution in [0.3, 0.4) is 0 Å². The van der Waals surface area contributed by atoms with E-state index in [-0.39, 0.29) is 12.1 Å². The van der Waals surface area contributed by atoms with E-state index < -0.39 is 0 Å². The average molecular weight is 256 g/mol. The molecule has 4 nitrogen and oxygen atoms in total. The highest BCUT2D eigenvalue weighted by Gasteiger charge is 2.21. The van der Waals surface area contributed by atoms with Gasteiger partial charge in [0.25, 0.3) is 0 Å². The number of urea groups is 1. The maximum absolute atomic E-state index is 11.6. The van der Waals surface area contributed by atoms with Gasteiger partial charge in [0.1, 0.15) is 0 Å². The number of amides is 2. The van der Waals surface area contributed by atoms with Crippen LogP contribution in [0.1, 0.15) is 58.8 Å². The second-order valence-electron chi connectivity index (χ2n) is 5.54. The molecule has 0 aromatic heterocycles. The monoisotopic (exact) mass is 256 g/mol. The predicted molar refractivity (Wildman–Crippen MR) is 73.5 cm³/mol. The molecule has 0 aromatic carbocycles. The van der Waals surface area contributed by atoms with Gasteiger partial charge in [0, 0.05) is 12.6 Å². The number of carbonyl (C=O) groups is 1. The number of carbonyl (C=O) groups excluding carboxylic acids is 1. The first kappa shape index (κ1) is 15.3. The molecule has 0 bridgehead atoms. The van der Waals surface area contributed by atoms with Gasteiger partial charge in [-0.1, -0.05) is 19.8 Å². The summed E-state index contributed by atoms with van der Waals surface area (Å²) in [5.41, 5.74) is 0. The molecule has 0 spiro atoms. The van der Waals surface area contributed by atoms with Gasteiger partial charge in [0.2, 0.25) is 0 Å². The van der Waals surface area contributed by atoms with Crippen molar-refractivity contribution in [1.82, 2.24) is 10.6 Å². The molecule has 1 rings (SSSR count). The zero-order chi connectivity index (χ0) is 13.4. The summed E-state index contributed by atoms with van der Waals surface area (Å²) in [6, 6.07) is 0.249. The minimum Gasteiger partial charge on any atom is -0.393 e. The molecule has 0 heterocycles. The average Bonchev–Trinajstić information content (AvgIpc) is 2.31. The quantitative estimate of drug-likeness (QED) is 0.683. The zero-order valence-corrected chi connectivity index (χ0v) is 11.7. The Morgan fingerprint density at radius 3 is 2.56 bits per heavy atom. The fourth-order valence-corrected chi connectivity index (χ4v) is 2.63. The summed E-state index contributed by atoms with van der Waals surface area (Å²) in [7, 11) is 0. The molecule has 18 heavy (non-hydrogen) atoms. The molecule has 0 radical (unpaired) electrons. The summed E-state index contributed by atoms with van der Waals surface area (Å²) in [4.78, 5) is 11.6.